The van der Waals surface area contributed by atoms with Gasteiger partial charge in [-0.3, -0.25) is 10.5 Å². The standard InChI is InChI=1S/C18H19N3O.BrH/c1-2-12-20-15-10-6-7-11-16(15)21(18(20)19)13-17(22)14-8-4-3-5-9-14;/h3-11,19H,2,12-13H2,1H3;1H/p+1. The van der Waals surface area contributed by atoms with Crippen LogP contribution in [0.15, 0.2) is 54.6 Å². The fraction of sp³-hybridized carbons (Fsp3) is 0.222. The summed E-state index contributed by atoms with van der Waals surface area (Å²) in [6, 6.07) is 17.4. The summed E-state index contributed by atoms with van der Waals surface area (Å²) in [6.07, 6.45) is 0.996. The van der Waals surface area contributed by atoms with Crippen LogP contribution in [0.25, 0.3) is 11.0 Å². The minimum absolute atomic E-state index is 0. The molecule has 0 fully saturated rings. The molecule has 0 amide bonds. The van der Waals surface area contributed by atoms with E-state index in [0.29, 0.717) is 11.5 Å². The Morgan fingerprint density at radius 2 is 1.74 bits per heavy atom. The van der Waals surface area contributed by atoms with E-state index in [0.717, 1.165) is 24.0 Å². The maximum atomic E-state index is 12.5. The lowest BCUT2D eigenvalue weighted by Crippen LogP contribution is -2.40. The molecule has 0 atom stereocenters. The zero-order valence-electron chi connectivity index (χ0n) is 13.1. The molecule has 0 saturated heterocycles. The number of Topliss-reactive ketones (excluding diaryl/α,β-unsaturated/α-hetero) is 1. The van der Waals surface area contributed by atoms with Crippen molar-refractivity contribution < 1.29 is 9.36 Å². The Bertz CT molecular complexity index is 812. The molecule has 3 rings (SSSR count). The van der Waals surface area contributed by atoms with Crippen molar-refractivity contribution in [1.29, 1.82) is 0 Å². The first-order valence-corrected chi connectivity index (χ1v) is 7.57. The predicted molar refractivity (Wildman–Crippen MR) is 97.9 cm³/mol. The first-order valence-electron chi connectivity index (χ1n) is 7.57. The number of anilines is 1. The molecule has 2 N–H and O–H groups in total. The second kappa shape index (κ2) is 7.42. The number of ketones is 1. The van der Waals surface area contributed by atoms with Gasteiger partial charge in [-0.15, -0.1) is 17.0 Å². The van der Waals surface area contributed by atoms with Gasteiger partial charge in [-0.2, -0.15) is 0 Å². The van der Waals surface area contributed by atoms with Gasteiger partial charge in [0.1, 0.15) is 17.6 Å². The number of nitrogen functional groups attached to an aromatic ring is 1. The van der Waals surface area contributed by atoms with Gasteiger partial charge in [-0.05, 0) is 18.6 Å². The van der Waals surface area contributed by atoms with Gasteiger partial charge in [0.05, 0.1) is 6.54 Å². The summed E-state index contributed by atoms with van der Waals surface area (Å²) in [5, 5.41) is 0. The number of aromatic nitrogens is 2. The van der Waals surface area contributed by atoms with Crippen LogP contribution < -0.4 is 10.3 Å². The van der Waals surface area contributed by atoms with Crippen LogP contribution in [0.3, 0.4) is 0 Å². The molecule has 0 radical (unpaired) electrons. The number of carbonyl (C=O) groups is 1. The highest BCUT2D eigenvalue weighted by atomic mass is 79.9. The van der Waals surface area contributed by atoms with Gasteiger partial charge in [0.15, 0.2) is 5.78 Å². The van der Waals surface area contributed by atoms with Crippen LogP contribution in [-0.4, -0.2) is 10.4 Å². The van der Waals surface area contributed by atoms with Crippen LogP contribution in [0.4, 0.5) is 5.95 Å². The second-order valence-corrected chi connectivity index (χ2v) is 5.37. The van der Waals surface area contributed by atoms with Gasteiger partial charge in [0.25, 0.3) is 0 Å². The van der Waals surface area contributed by atoms with Crippen molar-refractivity contribution in [3.63, 3.8) is 0 Å². The summed E-state index contributed by atoms with van der Waals surface area (Å²) in [6.45, 7) is 3.22. The molecule has 0 bridgehead atoms. The number of hydrogen-bond donors (Lipinski definition) is 1. The molecule has 0 saturated carbocycles. The van der Waals surface area contributed by atoms with E-state index in [1.165, 1.54) is 0 Å². The molecule has 4 nitrogen and oxygen atoms in total. The van der Waals surface area contributed by atoms with Crippen molar-refractivity contribution in [2.75, 3.05) is 5.73 Å². The van der Waals surface area contributed by atoms with Crippen LogP contribution in [0, 0.1) is 0 Å². The summed E-state index contributed by atoms with van der Waals surface area (Å²) in [7, 11) is 0. The molecule has 0 unspecified atom stereocenters. The van der Waals surface area contributed by atoms with E-state index in [-0.39, 0.29) is 29.3 Å². The molecule has 2 aromatic carbocycles. The van der Waals surface area contributed by atoms with Gasteiger partial charge < -0.3 is 0 Å². The highest BCUT2D eigenvalue weighted by Gasteiger charge is 2.22. The van der Waals surface area contributed by atoms with Gasteiger partial charge in [0, 0.05) is 5.56 Å². The zero-order chi connectivity index (χ0) is 15.5. The van der Waals surface area contributed by atoms with E-state index < -0.39 is 0 Å². The third-order valence-electron chi connectivity index (χ3n) is 3.86. The summed E-state index contributed by atoms with van der Waals surface area (Å²) >= 11 is 0. The SMILES string of the molecule is Br.CCCn1c(N)[n+](CC(=O)c2ccccc2)c2ccccc21. The molecule has 5 heteroatoms. The molecule has 120 valence electrons. The largest absolute Gasteiger partial charge is 0.356 e. The average Bonchev–Trinajstić information content (AvgIpc) is 2.82. The first-order chi connectivity index (χ1) is 10.7. The van der Waals surface area contributed by atoms with Crippen LogP contribution in [0.1, 0.15) is 23.7 Å². The Morgan fingerprint density at radius 3 is 2.43 bits per heavy atom. The van der Waals surface area contributed by atoms with Gasteiger partial charge in [0.2, 0.25) is 0 Å². The number of hydrogen-bond acceptors (Lipinski definition) is 2. The lowest BCUT2D eigenvalue weighted by Gasteiger charge is -2.02. The lowest BCUT2D eigenvalue weighted by atomic mass is 10.1. The molecule has 3 aromatic rings. The topological polar surface area (TPSA) is 51.9 Å². The first kappa shape index (κ1) is 17.2. The molecule has 0 spiro atoms. The lowest BCUT2D eigenvalue weighted by molar-refractivity contribution is -0.642. The normalized spacial score (nSPS) is 10.5. The number of benzene rings is 2. The van der Waals surface area contributed by atoms with Crippen molar-refractivity contribution in [3.8, 4) is 0 Å². The fourth-order valence-electron chi connectivity index (χ4n) is 2.80. The minimum atomic E-state index is 0. The third-order valence-corrected chi connectivity index (χ3v) is 3.86. The van der Waals surface area contributed by atoms with Gasteiger partial charge in [-0.1, -0.05) is 49.4 Å². The van der Waals surface area contributed by atoms with Crippen molar-refractivity contribution >= 4 is 39.7 Å². The van der Waals surface area contributed by atoms with Crippen LogP contribution in [0.5, 0.6) is 0 Å². The van der Waals surface area contributed by atoms with Gasteiger partial charge in [-0.25, -0.2) is 9.13 Å². The van der Waals surface area contributed by atoms with E-state index in [9.17, 15) is 4.79 Å². The molecule has 1 heterocycles. The highest BCUT2D eigenvalue weighted by molar-refractivity contribution is 8.93. The molecule has 0 aliphatic rings. The van der Waals surface area contributed by atoms with Crippen molar-refractivity contribution in [1.82, 2.24) is 4.57 Å². The average molecular weight is 375 g/mol. The number of fused-ring (bicyclic) bond motifs is 1. The van der Waals surface area contributed by atoms with Crippen molar-refractivity contribution in [3.05, 3.63) is 60.2 Å². The maximum absolute atomic E-state index is 12.5. The maximum Gasteiger partial charge on any atom is 0.356 e. The molecule has 0 aliphatic heterocycles. The number of halogens is 1. The smallest absolute Gasteiger partial charge is 0.291 e. The number of carbonyl (C=O) groups excluding carboxylic acids is 1. The Balaban J connectivity index is 0.00000192. The summed E-state index contributed by atoms with van der Waals surface area (Å²) in [5.74, 6) is 0.698. The van der Waals surface area contributed by atoms with Crippen molar-refractivity contribution in [2.24, 2.45) is 0 Å². The summed E-state index contributed by atoms with van der Waals surface area (Å²) < 4.78 is 3.98. The number of aryl methyl sites for hydroxylation is 1. The fourth-order valence-corrected chi connectivity index (χ4v) is 2.80. The van der Waals surface area contributed by atoms with E-state index in [1.807, 2.05) is 59.2 Å². The Labute approximate surface area is 146 Å². The zero-order valence-corrected chi connectivity index (χ0v) is 14.8. The second-order valence-electron chi connectivity index (χ2n) is 5.37. The van der Waals surface area contributed by atoms with Crippen LogP contribution in [0.2, 0.25) is 0 Å². The number of imidazole rings is 1. The highest BCUT2D eigenvalue weighted by Crippen LogP contribution is 2.16. The van der Waals surface area contributed by atoms with Crippen LogP contribution >= 0.6 is 17.0 Å². The number of rotatable bonds is 5. The summed E-state index contributed by atoms with van der Waals surface area (Å²) in [5.41, 5.74) is 9.08. The van der Waals surface area contributed by atoms with Crippen LogP contribution in [-0.2, 0) is 13.1 Å². The summed E-state index contributed by atoms with van der Waals surface area (Å²) in [4.78, 5) is 12.5. The molecule has 0 aliphatic carbocycles. The molecule has 23 heavy (non-hydrogen) atoms. The Morgan fingerprint density at radius 1 is 1.09 bits per heavy atom. The number of para-hydroxylation sites is 2. The molecular formula is C18H21BrN3O+. The van der Waals surface area contributed by atoms with E-state index >= 15 is 0 Å². The minimum Gasteiger partial charge on any atom is -0.291 e. The van der Waals surface area contributed by atoms with Crippen molar-refractivity contribution in [2.45, 2.75) is 26.4 Å². The number of nitrogens with zero attached hydrogens (tertiary/aromatic N) is 2. The molecule has 1 aromatic heterocycles. The third kappa shape index (κ3) is 3.29. The van der Waals surface area contributed by atoms with E-state index in [1.54, 1.807) is 0 Å². The molecular weight excluding hydrogens is 354 g/mol. The monoisotopic (exact) mass is 374 g/mol. The Kier molecular flexibility index (Phi) is 5.55. The van der Waals surface area contributed by atoms with E-state index in [4.69, 9.17) is 5.73 Å². The Hall–Kier alpha value is -2.14. The predicted octanol–water partition coefficient (Wildman–Crippen LogP) is 3.38. The number of nitrogens with two attached hydrogens (primary N) is 1. The van der Waals surface area contributed by atoms with Gasteiger partial charge >= 0.3 is 5.95 Å². The van der Waals surface area contributed by atoms with E-state index in [2.05, 4.69) is 11.5 Å². The quantitative estimate of drug-likeness (QED) is 0.549.